The highest BCUT2D eigenvalue weighted by atomic mass is 35.5. The van der Waals surface area contributed by atoms with Gasteiger partial charge in [0.25, 0.3) is 0 Å². The van der Waals surface area contributed by atoms with Crippen LogP contribution in [0, 0.1) is 5.92 Å². The van der Waals surface area contributed by atoms with Crippen molar-refractivity contribution in [2.75, 3.05) is 13.7 Å². The van der Waals surface area contributed by atoms with Gasteiger partial charge in [0.2, 0.25) is 11.8 Å². The van der Waals surface area contributed by atoms with Crippen molar-refractivity contribution < 1.29 is 9.53 Å². The molecule has 2 heterocycles. The second-order valence-corrected chi connectivity index (χ2v) is 5.20. The van der Waals surface area contributed by atoms with Gasteiger partial charge in [-0.25, -0.2) is 9.97 Å². The van der Waals surface area contributed by atoms with Gasteiger partial charge in [0.1, 0.15) is 12.2 Å². The third-order valence-electron chi connectivity index (χ3n) is 3.47. The van der Waals surface area contributed by atoms with E-state index in [2.05, 4.69) is 20.3 Å². The average molecular weight is 310 g/mol. The molecule has 1 aliphatic carbocycles. The van der Waals surface area contributed by atoms with E-state index in [1.165, 1.54) is 13.4 Å². The summed E-state index contributed by atoms with van der Waals surface area (Å²) in [7, 11) is 1.54. The number of imidazole rings is 1. The molecule has 0 atom stereocenters. The normalized spacial score (nSPS) is 14.4. The molecule has 21 heavy (non-hydrogen) atoms. The first-order chi connectivity index (χ1) is 10.2. The van der Waals surface area contributed by atoms with Crippen LogP contribution in [0.5, 0.6) is 5.88 Å². The molecule has 0 bridgehead atoms. The Morgan fingerprint density at radius 1 is 1.52 bits per heavy atom. The van der Waals surface area contributed by atoms with Crippen LogP contribution in [-0.2, 0) is 17.2 Å². The molecule has 0 saturated heterocycles. The van der Waals surface area contributed by atoms with E-state index in [4.69, 9.17) is 16.3 Å². The van der Waals surface area contributed by atoms with Gasteiger partial charge in [-0.15, -0.1) is 11.6 Å². The van der Waals surface area contributed by atoms with Gasteiger partial charge in [-0.3, -0.25) is 4.79 Å². The number of halogens is 1. The fourth-order valence-corrected chi connectivity index (χ4v) is 2.43. The summed E-state index contributed by atoms with van der Waals surface area (Å²) in [5.74, 6) is 1.70. The second-order valence-electron chi connectivity index (χ2n) is 4.93. The highest BCUT2D eigenvalue weighted by Gasteiger charge is 2.29. The van der Waals surface area contributed by atoms with E-state index >= 15 is 0 Å². The molecule has 2 aromatic heterocycles. The fourth-order valence-electron chi connectivity index (χ4n) is 2.23. The number of carbonyl (C=O) groups excluding carboxylic acids is 1. The number of rotatable bonds is 6. The molecule has 0 unspecified atom stereocenters. The number of hydrogen-bond acceptors (Lipinski definition) is 5. The van der Waals surface area contributed by atoms with Crippen LogP contribution in [0.15, 0.2) is 6.33 Å². The first-order valence-electron chi connectivity index (χ1n) is 6.82. The molecule has 1 N–H and O–H groups in total. The van der Waals surface area contributed by atoms with Gasteiger partial charge in [0.05, 0.1) is 13.0 Å². The van der Waals surface area contributed by atoms with Crippen LogP contribution in [-0.4, -0.2) is 39.1 Å². The monoisotopic (exact) mass is 309 g/mol. The highest BCUT2D eigenvalue weighted by molar-refractivity contribution is 6.16. The van der Waals surface area contributed by atoms with Gasteiger partial charge >= 0.3 is 0 Å². The molecule has 1 saturated carbocycles. The van der Waals surface area contributed by atoms with Crippen LogP contribution in [0.25, 0.3) is 11.2 Å². The average Bonchev–Trinajstić information content (AvgIpc) is 3.29. The number of nitrogens with one attached hydrogen (secondary N) is 1. The number of amides is 1. The Balaban J connectivity index is 1.80. The van der Waals surface area contributed by atoms with Crippen LogP contribution in [0.1, 0.15) is 18.7 Å². The molecule has 3 rings (SSSR count). The SMILES string of the molecule is COc1ncnc2c1nc(CCl)n2CCNC(=O)C1CC1. The van der Waals surface area contributed by atoms with Crippen LogP contribution in [0.2, 0.25) is 0 Å². The van der Waals surface area contributed by atoms with Crippen molar-refractivity contribution in [1.29, 1.82) is 0 Å². The summed E-state index contributed by atoms with van der Waals surface area (Å²) >= 11 is 5.94. The van der Waals surface area contributed by atoms with Crippen molar-refractivity contribution in [2.45, 2.75) is 25.3 Å². The standard InChI is InChI=1S/C13H16ClN5O2/c1-21-13-10-11(16-7-17-13)19(9(6-14)18-10)5-4-15-12(20)8-2-3-8/h7-8H,2-6H2,1H3,(H,15,20). The van der Waals surface area contributed by atoms with E-state index in [0.29, 0.717) is 36.0 Å². The topological polar surface area (TPSA) is 81.9 Å². The summed E-state index contributed by atoms with van der Waals surface area (Å²) in [6, 6.07) is 0. The lowest BCUT2D eigenvalue weighted by Gasteiger charge is -2.08. The molecular formula is C13H16ClN5O2. The predicted octanol–water partition coefficient (Wildman–Crippen LogP) is 1.10. The van der Waals surface area contributed by atoms with Gasteiger partial charge in [-0.05, 0) is 12.8 Å². The first-order valence-corrected chi connectivity index (χ1v) is 7.35. The Labute approximate surface area is 126 Å². The number of alkyl halides is 1. The van der Waals surface area contributed by atoms with Crippen molar-refractivity contribution in [1.82, 2.24) is 24.8 Å². The summed E-state index contributed by atoms with van der Waals surface area (Å²) < 4.78 is 7.07. The Hall–Kier alpha value is -1.89. The Morgan fingerprint density at radius 3 is 3.00 bits per heavy atom. The van der Waals surface area contributed by atoms with Gasteiger partial charge in [-0.2, -0.15) is 4.98 Å². The molecule has 0 aromatic carbocycles. The molecule has 0 aliphatic heterocycles. The minimum Gasteiger partial charge on any atom is -0.479 e. The third kappa shape index (κ3) is 2.78. The molecular weight excluding hydrogens is 294 g/mol. The maximum absolute atomic E-state index is 11.6. The highest BCUT2D eigenvalue weighted by Crippen LogP contribution is 2.28. The molecule has 1 fully saturated rings. The zero-order valence-corrected chi connectivity index (χ0v) is 12.4. The van der Waals surface area contributed by atoms with E-state index < -0.39 is 0 Å². The van der Waals surface area contributed by atoms with E-state index in [9.17, 15) is 4.79 Å². The summed E-state index contributed by atoms with van der Waals surface area (Å²) in [5, 5.41) is 2.92. The van der Waals surface area contributed by atoms with E-state index in [1.807, 2.05) is 4.57 Å². The Kier molecular flexibility index (Phi) is 3.92. The summed E-state index contributed by atoms with van der Waals surface area (Å²) in [6.45, 7) is 1.09. The van der Waals surface area contributed by atoms with E-state index in [1.54, 1.807) is 0 Å². The largest absolute Gasteiger partial charge is 0.479 e. The second kappa shape index (κ2) is 5.85. The molecule has 1 amide bonds. The fraction of sp³-hybridized carbons (Fsp3) is 0.538. The number of methoxy groups -OCH3 is 1. The van der Waals surface area contributed by atoms with Gasteiger partial charge in [0, 0.05) is 19.0 Å². The maximum Gasteiger partial charge on any atom is 0.245 e. The molecule has 112 valence electrons. The zero-order valence-electron chi connectivity index (χ0n) is 11.7. The molecule has 8 heteroatoms. The quantitative estimate of drug-likeness (QED) is 0.808. The maximum atomic E-state index is 11.6. The smallest absolute Gasteiger partial charge is 0.245 e. The van der Waals surface area contributed by atoms with Crippen molar-refractivity contribution >= 4 is 28.7 Å². The Bertz CT molecular complexity index is 668. The predicted molar refractivity (Wildman–Crippen MR) is 77.2 cm³/mol. The third-order valence-corrected chi connectivity index (χ3v) is 3.71. The minimum absolute atomic E-state index is 0.124. The summed E-state index contributed by atoms with van der Waals surface area (Å²) in [6.07, 6.45) is 3.43. The number of aromatic nitrogens is 4. The van der Waals surface area contributed by atoms with Gasteiger partial charge in [-0.1, -0.05) is 0 Å². The van der Waals surface area contributed by atoms with Crippen LogP contribution < -0.4 is 10.1 Å². The lowest BCUT2D eigenvalue weighted by Crippen LogP contribution is -2.28. The van der Waals surface area contributed by atoms with Crippen molar-refractivity contribution in [3.05, 3.63) is 12.2 Å². The summed E-state index contributed by atoms with van der Waals surface area (Å²) in [4.78, 5) is 24.3. The number of carbonyl (C=O) groups is 1. The number of nitrogens with zero attached hydrogens (tertiary/aromatic N) is 4. The Morgan fingerprint density at radius 2 is 2.33 bits per heavy atom. The van der Waals surface area contributed by atoms with Crippen LogP contribution >= 0.6 is 11.6 Å². The van der Waals surface area contributed by atoms with E-state index in [-0.39, 0.29) is 17.7 Å². The number of ether oxygens (including phenoxy) is 1. The van der Waals surface area contributed by atoms with Crippen molar-refractivity contribution in [3.8, 4) is 5.88 Å². The molecule has 2 aromatic rings. The summed E-state index contributed by atoms with van der Waals surface area (Å²) in [5.41, 5.74) is 1.25. The lowest BCUT2D eigenvalue weighted by atomic mass is 10.4. The van der Waals surface area contributed by atoms with Crippen molar-refractivity contribution in [3.63, 3.8) is 0 Å². The van der Waals surface area contributed by atoms with Crippen molar-refractivity contribution in [2.24, 2.45) is 5.92 Å². The first kappa shape index (κ1) is 14.1. The lowest BCUT2D eigenvalue weighted by molar-refractivity contribution is -0.122. The van der Waals surface area contributed by atoms with E-state index in [0.717, 1.165) is 12.8 Å². The van der Waals surface area contributed by atoms with Gasteiger partial charge in [0.15, 0.2) is 11.2 Å². The molecule has 1 aliphatic rings. The molecule has 7 nitrogen and oxygen atoms in total. The number of hydrogen-bond donors (Lipinski definition) is 1. The van der Waals surface area contributed by atoms with Crippen LogP contribution in [0.4, 0.5) is 0 Å². The number of fused-ring (bicyclic) bond motifs is 1. The van der Waals surface area contributed by atoms with Gasteiger partial charge < -0.3 is 14.6 Å². The molecule has 0 radical (unpaired) electrons. The molecule has 0 spiro atoms. The van der Waals surface area contributed by atoms with Crippen LogP contribution in [0.3, 0.4) is 0 Å². The minimum atomic E-state index is 0.124. The zero-order chi connectivity index (χ0) is 14.8.